The molecule has 0 radical (unpaired) electrons. The van der Waals surface area contributed by atoms with Crippen molar-refractivity contribution in [2.45, 2.75) is 52.5 Å². The smallest absolute Gasteiger partial charge is 0.144 e. The molecule has 2 rings (SSSR count). The Morgan fingerprint density at radius 2 is 2.21 bits per heavy atom. The molecule has 0 amide bonds. The van der Waals surface area contributed by atoms with E-state index in [4.69, 9.17) is 10.5 Å². The zero-order chi connectivity index (χ0) is 13.9. The first kappa shape index (κ1) is 14.0. The van der Waals surface area contributed by atoms with Gasteiger partial charge >= 0.3 is 0 Å². The summed E-state index contributed by atoms with van der Waals surface area (Å²) in [6, 6.07) is 6.51. The van der Waals surface area contributed by atoms with E-state index in [0.29, 0.717) is 18.1 Å². The Kier molecular flexibility index (Phi) is 4.23. The number of nitrogens with two attached hydrogens (primary N) is 1. The van der Waals surface area contributed by atoms with E-state index in [1.807, 2.05) is 18.2 Å². The van der Waals surface area contributed by atoms with Crippen molar-refractivity contribution in [2.75, 3.05) is 17.7 Å². The summed E-state index contributed by atoms with van der Waals surface area (Å²) >= 11 is 0. The summed E-state index contributed by atoms with van der Waals surface area (Å²) in [6.45, 7) is 7.47. The zero-order valence-electron chi connectivity index (χ0n) is 12.3. The standard InChI is InChI=1S/C16H26N2O/c1-4-10-19-14-7-5-6-13(15(14)17)18-12-8-9-16(2,3)11-12/h5-7,12,18H,4,8-11,17H2,1-3H3. The van der Waals surface area contributed by atoms with Crippen molar-refractivity contribution in [3.63, 3.8) is 0 Å². The van der Waals surface area contributed by atoms with Gasteiger partial charge in [0.15, 0.2) is 0 Å². The highest BCUT2D eigenvalue weighted by atomic mass is 16.5. The number of nitrogen functional groups attached to an aromatic ring is 1. The molecular formula is C16H26N2O. The number of rotatable bonds is 5. The van der Waals surface area contributed by atoms with E-state index in [9.17, 15) is 0 Å². The number of nitrogens with one attached hydrogen (secondary N) is 1. The van der Waals surface area contributed by atoms with Gasteiger partial charge in [0.1, 0.15) is 5.75 Å². The largest absolute Gasteiger partial charge is 0.491 e. The normalized spacial score (nSPS) is 21.3. The molecule has 1 atom stereocenters. The first-order valence-electron chi connectivity index (χ1n) is 7.29. The molecule has 0 aliphatic heterocycles. The third-order valence-corrected chi connectivity index (χ3v) is 3.86. The van der Waals surface area contributed by atoms with Gasteiger partial charge in [0.25, 0.3) is 0 Å². The van der Waals surface area contributed by atoms with Gasteiger partial charge in [-0.3, -0.25) is 0 Å². The predicted octanol–water partition coefficient (Wildman–Crippen LogP) is 4.05. The Balaban J connectivity index is 2.04. The third kappa shape index (κ3) is 3.55. The fraction of sp³-hybridized carbons (Fsp3) is 0.625. The van der Waals surface area contributed by atoms with Gasteiger partial charge in [0.05, 0.1) is 18.0 Å². The second kappa shape index (κ2) is 5.72. The molecule has 1 aliphatic carbocycles. The minimum atomic E-state index is 0.447. The molecule has 3 nitrogen and oxygen atoms in total. The van der Waals surface area contributed by atoms with Crippen molar-refractivity contribution >= 4 is 11.4 Å². The maximum absolute atomic E-state index is 6.18. The lowest BCUT2D eigenvalue weighted by molar-refractivity contribution is 0.319. The maximum Gasteiger partial charge on any atom is 0.144 e. The van der Waals surface area contributed by atoms with Gasteiger partial charge in [-0.2, -0.15) is 0 Å². The highest BCUT2D eigenvalue weighted by Crippen LogP contribution is 2.39. The van der Waals surface area contributed by atoms with Crippen LogP contribution in [0.4, 0.5) is 11.4 Å². The molecule has 3 heteroatoms. The monoisotopic (exact) mass is 262 g/mol. The zero-order valence-corrected chi connectivity index (χ0v) is 12.3. The maximum atomic E-state index is 6.18. The van der Waals surface area contributed by atoms with Gasteiger partial charge < -0.3 is 15.8 Å². The highest BCUT2D eigenvalue weighted by molar-refractivity contribution is 5.73. The van der Waals surface area contributed by atoms with Crippen LogP contribution in [0.25, 0.3) is 0 Å². The van der Waals surface area contributed by atoms with Crippen LogP contribution in [0, 0.1) is 5.41 Å². The van der Waals surface area contributed by atoms with Crippen molar-refractivity contribution in [2.24, 2.45) is 5.41 Å². The molecule has 19 heavy (non-hydrogen) atoms. The Morgan fingerprint density at radius 3 is 2.84 bits per heavy atom. The summed E-state index contributed by atoms with van der Waals surface area (Å²) in [5.41, 5.74) is 8.38. The summed E-state index contributed by atoms with van der Waals surface area (Å²) in [4.78, 5) is 0. The van der Waals surface area contributed by atoms with Crippen LogP contribution in [0.5, 0.6) is 5.75 Å². The quantitative estimate of drug-likeness (QED) is 0.787. The number of para-hydroxylation sites is 1. The average Bonchev–Trinajstić information content (AvgIpc) is 2.70. The molecule has 1 aromatic rings. The van der Waals surface area contributed by atoms with Crippen LogP contribution in [-0.2, 0) is 0 Å². The van der Waals surface area contributed by atoms with Crippen LogP contribution < -0.4 is 15.8 Å². The molecule has 3 N–H and O–H groups in total. The Bertz CT molecular complexity index is 429. The lowest BCUT2D eigenvalue weighted by atomic mass is 9.92. The molecule has 1 aromatic carbocycles. The van der Waals surface area contributed by atoms with Crippen molar-refractivity contribution in [3.8, 4) is 5.75 Å². The molecule has 0 aromatic heterocycles. The second-order valence-electron chi connectivity index (χ2n) is 6.31. The van der Waals surface area contributed by atoms with Crippen molar-refractivity contribution in [1.82, 2.24) is 0 Å². The van der Waals surface area contributed by atoms with Gasteiger partial charge in [-0.25, -0.2) is 0 Å². The van der Waals surface area contributed by atoms with Crippen LogP contribution in [0.1, 0.15) is 46.5 Å². The number of anilines is 2. The number of hydrogen-bond acceptors (Lipinski definition) is 3. The summed E-state index contributed by atoms with van der Waals surface area (Å²) in [6.07, 6.45) is 4.68. The predicted molar refractivity (Wildman–Crippen MR) is 81.7 cm³/mol. The van der Waals surface area contributed by atoms with Gasteiger partial charge in [0.2, 0.25) is 0 Å². The van der Waals surface area contributed by atoms with E-state index in [0.717, 1.165) is 23.5 Å². The Hall–Kier alpha value is -1.38. The van der Waals surface area contributed by atoms with Crippen LogP contribution in [0.2, 0.25) is 0 Å². The van der Waals surface area contributed by atoms with Crippen LogP contribution in [0.15, 0.2) is 18.2 Å². The third-order valence-electron chi connectivity index (χ3n) is 3.86. The molecule has 0 spiro atoms. The molecule has 0 saturated heterocycles. The summed E-state index contributed by atoms with van der Waals surface area (Å²) < 4.78 is 5.67. The van der Waals surface area contributed by atoms with E-state index >= 15 is 0 Å². The minimum Gasteiger partial charge on any atom is -0.491 e. The molecule has 0 heterocycles. The molecule has 1 aliphatic rings. The van der Waals surface area contributed by atoms with Crippen molar-refractivity contribution in [1.29, 1.82) is 0 Å². The first-order chi connectivity index (χ1) is 9.02. The number of hydrogen-bond donors (Lipinski definition) is 2. The van der Waals surface area contributed by atoms with Gasteiger partial charge in [-0.05, 0) is 43.2 Å². The molecule has 106 valence electrons. The van der Waals surface area contributed by atoms with Crippen LogP contribution in [-0.4, -0.2) is 12.6 Å². The summed E-state index contributed by atoms with van der Waals surface area (Å²) in [7, 11) is 0. The van der Waals surface area contributed by atoms with Crippen LogP contribution in [0.3, 0.4) is 0 Å². The summed E-state index contributed by atoms with van der Waals surface area (Å²) in [5, 5.41) is 3.58. The van der Waals surface area contributed by atoms with Gasteiger partial charge in [-0.15, -0.1) is 0 Å². The molecule has 1 unspecified atom stereocenters. The first-order valence-corrected chi connectivity index (χ1v) is 7.29. The lowest BCUT2D eigenvalue weighted by Crippen LogP contribution is -2.18. The highest BCUT2D eigenvalue weighted by Gasteiger charge is 2.31. The Morgan fingerprint density at radius 1 is 1.42 bits per heavy atom. The lowest BCUT2D eigenvalue weighted by Gasteiger charge is -2.20. The Labute approximate surface area is 116 Å². The molecule has 0 bridgehead atoms. The fourth-order valence-electron chi connectivity index (χ4n) is 2.79. The van der Waals surface area contributed by atoms with E-state index < -0.39 is 0 Å². The molecule has 1 saturated carbocycles. The minimum absolute atomic E-state index is 0.447. The number of benzene rings is 1. The second-order valence-corrected chi connectivity index (χ2v) is 6.31. The average molecular weight is 262 g/mol. The van der Waals surface area contributed by atoms with Crippen molar-refractivity contribution in [3.05, 3.63) is 18.2 Å². The molecule has 1 fully saturated rings. The van der Waals surface area contributed by atoms with Crippen LogP contribution >= 0.6 is 0 Å². The van der Waals surface area contributed by atoms with E-state index in [1.165, 1.54) is 19.3 Å². The van der Waals surface area contributed by atoms with E-state index in [-0.39, 0.29) is 0 Å². The molecular weight excluding hydrogens is 236 g/mol. The van der Waals surface area contributed by atoms with Crippen molar-refractivity contribution < 1.29 is 4.74 Å². The van der Waals surface area contributed by atoms with E-state index in [1.54, 1.807) is 0 Å². The summed E-state index contributed by atoms with van der Waals surface area (Å²) in [5.74, 6) is 0.795. The van der Waals surface area contributed by atoms with Gasteiger partial charge in [-0.1, -0.05) is 26.8 Å². The fourth-order valence-corrected chi connectivity index (χ4v) is 2.79. The number of ether oxygens (including phenoxy) is 1. The topological polar surface area (TPSA) is 47.3 Å². The SMILES string of the molecule is CCCOc1cccc(NC2CCC(C)(C)C2)c1N. The van der Waals surface area contributed by atoms with E-state index in [2.05, 4.69) is 26.1 Å². The van der Waals surface area contributed by atoms with Gasteiger partial charge in [0, 0.05) is 6.04 Å².